The molecule has 2 heterocycles. The van der Waals surface area contributed by atoms with Crippen LogP contribution < -0.4 is 10.2 Å². The fourth-order valence-electron chi connectivity index (χ4n) is 7.78. The standard InChI is InChI=1S/C27H39N3O2/c31-27(30-9-11-32-12-10-30)21-1-3-25(4-2-21)29-7-5-24(6-8-29)28-18-26-22-14-19-13-20(16-22)17-23(26)15-19/h1-4,19-20,22-24,26,28H,5-18H2. The van der Waals surface area contributed by atoms with Crippen LogP contribution in [-0.2, 0) is 4.74 Å². The number of morpholine rings is 1. The van der Waals surface area contributed by atoms with Gasteiger partial charge in [-0.1, -0.05) is 0 Å². The predicted molar refractivity (Wildman–Crippen MR) is 127 cm³/mol. The molecule has 2 aliphatic heterocycles. The molecule has 2 saturated heterocycles. The van der Waals surface area contributed by atoms with Crippen LogP contribution in [0.5, 0.6) is 0 Å². The first-order chi connectivity index (χ1) is 15.7. The van der Waals surface area contributed by atoms with Crippen LogP contribution in [0.4, 0.5) is 5.69 Å². The smallest absolute Gasteiger partial charge is 0.254 e. The molecule has 7 rings (SSSR count). The van der Waals surface area contributed by atoms with E-state index in [0.717, 1.165) is 48.2 Å². The predicted octanol–water partition coefficient (Wildman–Crippen LogP) is 3.79. The molecule has 174 valence electrons. The van der Waals surface area contributed by atoms with E-state index in [1.807, 2.05) is 17.0 Å². The topological polar surface area (TPSA) is 44.8 Å². The molecule has 5 nitrogen and oxygen atoms in total. The van der Waals surface area contributed by atoms with E-state index in [1.54, 1.807) is 6.42 Å². The summed E-state index contributed by atoms with van der Waals surface area (Å²) in [6.45, 7) is 6.17. The van der Waals surface area contributed by atoms with E-state index in [2.05, 4.69) is 22.3 Å². The Morgan fingerprint density at radius 1 is 0.875 bits per heavy atom. The second kappa shape index (κ2) is 8.98. The van der Waals surface area contributed by atoms with E-state index in [4.69, 9.17) is 4.74 Å². The number of piperidine rings is 1. The normalized spacial score (nSPS) is 34.8. The molecular formula is C27H39N3O2. The van der Waals surface area contributed by atoms with Gasteiger partial charge in [-0.2, -0.15) is 0 Å². The van der Waals surface area contributed by atoms with Crippen molar-refractivity contribution >= 4 is 11.6 Å². The van der Waals surface area contributed by atoms with E-state index in [0.29, 0.717) is 32.3 Å². The van der Waals surface area contributed by atoms with Crippen molar-refractivity contribution in [2.45, 2.75) is 51.0 Å². The van der Waals surface area contributed by atoms with Gasteiger partial charge in [-0.15, -0.1) is 0 Å². The Morgan fingerprint density at radius 2 is 1.50 bits per heavy atom. The van der Waals surface area contributed by atoms with Gasteiger partial charge < -0.3 is 19.9 Å². The monoisotopic (exact) mass is 437 g/mol. The molecule has 1 N–H and O–H groups in total. The SMILES string of the molecule is O=C(c1ccc(N2CCC(NCC3C4CC5CC(C4)CC3C5)CC2)cc1)N1CCOCC1. The van der Waals surface area contributed by atoms with Crippen molar-refractivity contribution in [3.8, 4) is 0 Å². The molecule has 0 radical (unpaired) electrons. The number of anilines is 1. The van der Waals surface area contributed by atoms with Gasteiger partial charge in [0.2, 0.25) is 0 Å². The van der Waals surface area contributed by atoms with Crippen molar-refractivity contribution in [3.63, 3.8) is 0 Å². The molecule has 5 heteroatoms. The van der Waals surface area contributed by atoms with Crippen molar-refractivity contribution in [2.24, 2.45) is 29.6 Å². The minimum absolute atomic E-state index is 0.132. The van der Waals surface area contributed by atoms with Crippen LogP contribution in [0.15, 0.2) is 24.3 Å². The first kappa shape index (κ1) is 21.0. The number of amides is 1. The first-order valence-electron chi connectivity index (χ1n) is 13.2. The van der Waals surface area contributed by atoms with Crippen LogP contribution in [0, 0.1) is 29.6 Å². The largest absolute Gasteiger partial charge is 0.378 e. The highest BCUT2D eigenvalue weighted by Crippen LogP contribution is 2.56. The lowest BCUT2D eigenvalue weighted by Gasteiger charge is -2.54. The van der Waals surface area contributed by atoms with Gasteiger partial charge in [0.1, 0.15) is 0 Å². The number of hydrogen-bond donors (Lipinski definition) is 1. The van der Waals surface area contributed by atoms with Crippen LogP contribution in [-0.4, -0.2) is 62.8 Å². The van der Waals surface area contributed by atoms with Crippen LogP contribution >= 0.6 is 0 Å². The van der Waals surface area contributed by atoms with Gasteiger partial charge in [-0.25, -0.2) is 0 Å². The lowest BCUT2D eigenvalue weighted by molar-refractivity contribution is -0.0365. The van der Waals surface area contributed by atoms with Crippen molar-refractivity contribution in [1.29, 1.82) is 0 Å². The number of nitrogens with one attached hydrogen (secondary N) is 1. The molecule has 1 amide bonds. The number of benzene rings is 1. The van der Waals surface area contributed by atoms with Gasteiger partial charge >= 0.3 is 0 Å². The molecule has 1 aromatic carbocycles. The number of carbonyl (C=O) groups excluding carboxylic acids is 1. The van der Waals surface area contributed by atoms with Crippen LogP contribution in [0.25, 0.3) is 0 Å². The molecule has 32 heavy (non-hydrogen) atoms. The Kier molecular flexibility index (Phi) is 5.89. The molecule has 1 aromatic rings. The van der Waals surface area contributed by atoms with Gasteiger partial charge in [0.15, 0.2) is 0 Å². The maximum Gasteiger partial charge on any atom is 0.254 e. The summed E-state index contributed by atoms with van der Waals surface area (Å²) < 4.78 is 5.36. The number of hydrogen-bond acceptors (Lipinski definition) is 4. The van der Waals surface area contributed by atoms with Crippen LogP contribution in [0.1, 0.15) is 55.3 Å². The van der Waals surface area contributed by atoms with Crippen LogP contribution in [0.2, 0.25) is 0 Å². The lowest BCUT2D eigenvalue weighted by atomic mass is 9.52. The molecule has 6 fully saturated rings. The Labute approximate surface area is 192 Å². The summed E-state index contributed by atoms with van der Waals surface area (Å²) in [6, 6.07) is 8.95. The molecule has 4 saturated carbocycles. The van der Waals surface area contributed by atoms with Gasteiger partial charge in [0.05, 0.1) is 13.2 Å². The van der Waals surface area contributed by atoms with E-state index >= 15 is 0 Å². The van der Waals surface area contributed by atoms with Crippen molar-refractivity contribution in [1.82, 2.24) is 10.2 Å². The lowest BCUT2D eigenvalue weighted by Crippen LogP contribution is -2.51. The average Bonchev–Trinajstić information content (AvgIpc) is 2.84. The van der Waals surface area contributed by atoms with E-state index < -0.39 is 0 Å². The highest BCUT2D eigenvalue weighted by Gasteiger charge is 2.47. The quantitative estimate of drug-likeness (QED) is 0.761. The molecule has 0 unspecified atom stereocenters. The minimum Gasteiger partial charge on any atom is -0.378 e. The highest BCUT2D eigenvalue weighted by molar-refractivity contribution is 5.94. The van der Waals surface area contributed by atoms with Gasteiger partial charge in [-0.3, -0.25) is 4.79 Å². The van der Waals surface area contributed by atoms with Crippen molar-refractivity contribution in [3.05, 3.63) is 29.8 Å². The van der Waals surface area contributed by atoms with Crippen LogP contribution in [0.3, 0.4) is 0 Å². The summed E-state index contributed by atoms with van der Waals surface area (Å²) in [6.07, 6.45) is 10.1. The maximum atomic E-state index is 12.7. The Bertz CT molecular complexity index is 768. The second-order valence-electron chi connectivity index (χ2n) is 11.2. The molecule has 0 atom stereocenters. The first-order valence-corrected chi connectivity index (χ1v) is 13.2. The highest BCUT2D eigenvalue weighted by atomic mass is 16.5. The minimum atomic E-state index is 0.132. The van der Waals surface area contributed by atoms with Gasteiger partial charge in [0.25, 0.3) is 5.91 Å². The average molecular weight is 438 g/mol. The number of ether oxygens (including phenoxy) is 1. The summed E-state index contributed by atoms with van der Waals surface area (Å²) in [4.78, 5) is 17.1. The Balaban J connectivity index is 0.980. The third kappa shape index (κ3) is 4.19. The summed E-state index contributed by atoms with van der Waals surface area (Å²) >= 11 is 0. The molecule has 0 spiro atoms. The Morgan fingerprint density at radius 3 is 2.12 bits per heavy atom. The summed E-state index contributed by atoms with van der Waals surface area (Å²) in [5, 5.41) is 3.99. The fraction of sp³-hybridized carbons (Fsp3) is 0.741. The zero-order valence-corrected chi connectivity index (χ0v) is 19.4. The van der Waals surface area contributed by atoms with Gasteiger partial charge in [0, 0.05) is 43.5 Å². The molecule has 0 aromatic heterocycles. The maximum absolute atomic E-state index is 12.7. The molecular weight excluding hydrogens is 398 g/mol. The number of carbonyl (C=O) groups is 1. The number of rotatable bonds is 5. The van der Waals surface area contributed by atoms with Crippen molar-refractivity contribution < 1.29 is 9.53 Å². The summed E-state index contributed by atoms with van der Waals surface area (Å²) in [7, 11) is 0. The fourth-order valence-corrected chi connectivity index (χ4v) is 7.78. The third-order valence-corrected chi connectivity index (χ3v) is 9.34. The van der Waals surface area contributed by atoms with Crippen molar-refractivity contribution in [2.75, 3.05) is 50.8 Å². The molecule has 6 aliphatic rings. The van der Waals surface area contributed by atoms with Gasteiger partial charge in [-0.05, 0) is 105 Å². The van der Waals surface area contributed by atoms with E-state index in [1.165, 1.54) is 50.8 Å². The zero-order chi connectivity index (χ0) is 21.5. The molecule has 4 bridgehead atoms. The summed E-state index contributed by atoms with van der Waals surface area (Å²) in [5.74, 6) is 5.29. The summed E-state index contributed by atoms with van der Waals surface area (Å²) in [5.41, 5.74) is 2.05. The molecule has 4 aliphatic carbocycles. The third-order valence-electron chi connectivity index (χ3n) is 9.34. The number of nitrogens with zero attached hydrogens (tertiary/aromatic N) is 2. The Hall–Kier alpha value is -1.59. The van der Waals surface area contributed by atoms with E-state index in [-0.39, 0.29) is 5.91 Å². The zero-order valence-electron chi connectivity index (χ0n) is 19.4. The van der Waals surface area contributed by atoms with E-state index in [9.17, 15) is 4.79 Å². The second-order valence-corrected chi connectivity index (χ2v) is 11.2.